The summed E-state index contributed by atoms with van der Waals surface area (Å²) in [6, 6.07) is 7.66. The van der Waals surface area contributed by atoms with Gasteiger partial charge in [-0.15, -0.1) is 11.3 Å². The molecule has 1 aromatic carbocycles. The first-order valence-electron chi connectivity index (χ1n) is 4.64. The summed E-state index contributed by atoms with van der Waals surface area (Å²) in [7, 11) is 1.45. The number of ketones is 1. The van der Waals surface area contributed by atoms with E-state index in [1.165, 1.54) is 30.6 Å². The first-order valence-corrected chi connectivity index (χ1v) is 5.52. The van der Waals surface area contributed by atoms with Crippen molar-refractivity contribution in [2.45, 2.75) is 0 Å². The largest absolute Gasteiger partial charge is 0.497 e. The number of halogens is 1. The number of benzene rings is 1. The molecule has 16 heavy (non-hydrogen) atoms. The van der Waals surface area contributed by atoms with Gasteiger partial charge < -0.3 is 4.74 Å². The van der Waals surface area contributed by atoms with Crippen molar-refractivity contribution < 1.29 is 13.9 Å². The average Bonchev–Trinajstić information content (AvgIpc) is 2.81. The molecule has 0 unspecified atom stereocenters. The zero-order valence-corrected chi connectivity index (χ0v) is 9.38. The van der Waals surface area contributed by atoms with Crippen LogP contribution in [0.15, 0.2) is 35.7 Å². The summed E-state index contributed by atoms with van der Waals surface area (Å²) in [4.78, 5) is 12.4. The quantitative estimate of drug-likeness (QED) is 0.765. The molecule has 0 aliphatic heterocycles. The van der Waals surface area contributed by atoms with Crippen LogP contribution in [0.1, 0.15) is 15.2 Å². The van der Waals surface area contributed by atoms with Crippen LogP contribution in [-0.4, -0.2) is 12.9 Å². The molecule has 82 valence electrons. The van der Waals surface area contributed by atoms with Gasteiger partial charge in [0.1, 0.15) is 11.6 Å². The molecule has 0 amide bonds. The van der Waals surface area contributed by atoms with Crippen LogP contribution in [0.4, 0.5) is 4.39 Å². The molecule has 0 atom stereocenters. The van der Waals surface area contributed by atoms with Crippen molar-refractivity contribution in [3.8, 4) is 5.75 Å². The fourth-order valence-electron chi connectivity index (χ4n) is 1.35. The zero-order chi connectivity index (χ0) is 11.5. The Morgan fingerprint density at radius 2 is 2.19 bits per heavy atom. The van der Waals surface area contributed by atoms with Crippen molar-refractivity contribution in [1.29, 1.82) is 0 Å². The molecule has 0 N–H and O–H groups in total. The van der Waals surface area contributed by atoms with Crippen LogP contribution >= 0.6 is 11.3 Å². The molecule has 1 heterocycles. The van der Waals surface area contributed by atoms with Gasteiger partial charge in [-0.25, -0.2) is 4.39 Å². The molecule has 0 spiro atoms. The third kappa shape index (κ3) is 1.97. The molecule has 1 aromatic heterocycles. The highest BCUT2D eigenvalue weighted by Gasteiger charge is 2.15. The Morgan fingerprint density at radius 1 is 1.38 bits per heavy atom. The van der Waals surface area contributed by atoms with Gasteiger partial charge in [-0.2, -0.15) is 0 Å². The van der Waals surface area contributed by atoms with Crippen LogP contribution in [0.25, 0.3) is 0 Å². The number of methoxy groups -OCH3 is 1. The minimum absolute atomic E-state index is 0.0725. The molecular formula is C12H9FO2S. The highest BCUT2D eigenvalue weighted by Crippen LogP contribution is 2.21. The lowest BCUT2D eigenvalue weighted by Crippen LogP contribution is -2.02. The van der Waals surface area contributed by atoms with E-state index in [-0.39, 0.29) is 11.3 Å². The Labute approximate surface area is 96.3 Å². The van der Waals surface area contributed by atoms with Gasteiger partial charge in [-0.3, -0.25) is 4.79 Å². The van der Waals surface area contributed by atoms with Gasteiger partial charge in [0.25, 0.3) is 0 Å². The Balaban J connectivity index is 2.38. The van der Waals surface area contributed by atoms with Crippen LogP contribution < -0.4 is 4.74 Å². The SMILES string of the molecule is COc1ccc(C(=O)c2cccs2)c(F)c1. The molecule has 2 aromatic rings. The average molecular weight is 236 g/mol. The van der Waals surface area contributed by atoms with E-state index in [1.807, 2.05) is 0 Å². The van der Waals surface area contributed by atoms with Gasteiger partial charge in [-0.1, -0.05) is 6.07 Å². The predicted octanol–water partition coefficient (Wildman–Crippen LogP) is 3.13. The van der Waals surface area contributed by atoms with E-state index >= 15 is 0 Å². The Morgan fingerprint density at radius 3 is 2.75 bits per heavy atom. The second-order valence-electron chi connectivity index (χ2n) is 3.15. The minimum atomic E-state index is -0.558. The van der Waals surface area contributed by atoms with Gasteiger partial charge in [0, 0.05) is 6.07 Å². The van der Waals surface area contributed by atoms with Crippen LogP contribution in [0.2, 0.25) is 0 Å². The second-order valence-corrected chi connectivity index (χ2v) is 4.10. The number of rotatable bonds is 3. The summed E-state index contributed by atoms with van der Waals surface area (Å²) in [5.74, 6) is -0.451. The smallest absolute Gasteiger partial charge is 0.205 e. The molecule has 0 saturated carbocycles. The lowest BCUT2D eigenvalue weighted by molar-refractivity contribution is 0.103. The summed E-state index contributed by atoms with van der Waals surface area (Å²) in [5, 5.41) is 1.79. The molecular weight excluding hydrogens is 227 g/mol. The van der Waals surface area contributed by atoms with Crippen molar-refractivity contribution in [3.05, 3.63) is 52.0 Å². The second kappa shape index (κ2) is 4.45. The molecule has 0 aliphatic rings. The van der Waals surface area contributed by atoms with Gasteiger partial charge in [0.05, 0.1) is 17.6 Å². The predicted molar refractivity (Wildman–Crippen MR) is 60.7 cm³/mol. The van der Waals surface area contributed by atoms with Crippen LogP contribution in [-0.2, 0) is 0 Å². The first kappa shape index (κ1) is 10.8. The summed E-state index contributed by atoms with van der Waals surface area (Å²) < 4.78 is 18.5. The topological polar surface area (TPSA) is 26.3 Å². The normalized spacial score (nSPS) is 10.1. The van der Waals surface area contributed by atoms with Crippen LogP contribution in [0, 0.1) is 5.82 Å². The fraction of sp³-hybridized carbons (Fsp3) is 0.0833. The van der Waals surface area contributed by atoms with E-state index < -0.39 is 5.82 Å². The summed E-state index contributed by atoms with van der Waals surface area (Å²) in [6.45, 7) is 0. The van der Waals surface area contributed by atoms with Gasteiger partial charge in [0.15, 0.2) is 0 Å². The highest BCUT2D eigenvalue weighted by atomic mass is 32.1. The summed E-state index contributed by atoms with van der Waals surface area (Å²) in [5.41, 5.74) is 0.0725. The minimum Gasteiger partial charge on any atom is -0.497 e. The standard InChI is InChI=1S/C12H9FO2S/c1-15-8-4-5-9(10(13)7-8)12(14)11-3-2-6-16-11/h2-7H,1H3. The van der Waals surface area contributed by atoms with Crippen molar-refractivity contribution in [2.75, 3.05) is 7.11 Å². The first-order chi connectivity index (χ1) is 7.72. The van der Waals surface area contributed by atoms with Crippen molar-refractivity contribution in [2.24, 2.45) is 0 Å². The molecule has 0 fully saturated rings. The third-order valence-electron chi connectivity index (χ3n) is 2.17. The maximum Gasteiger partial charge on any atom is 0.205 e. The van der Waals surface area contributed by atoms with E-state index in [4.69, 9.17) is 4.74 Å². The molecule has 0 aliphatic carbocycles. The van der Waals surface area contributed by atoms with E-state index in [9.17, 15) is 9.18 Å². The van der Waals surface area contributed by atoms with Gasteiger partial charge >= 0.3 is 0 Å². The van der Waals surface area contributed by atoms with Crippen molar-refractivity contribution in [1.82, 2.24) is 0 Å². The van der Waals surface area contributed by atoms with E-state index in [0.717, 1.165) is 0 Å². The number of carbonyl (C=O) groups is 1. The monoisotopic (exact) mass is 236 g/mol. The number of carbonyl (C=O) groups excluding carboxylic acids is 1. The fourth-order valence-corrected chi connectivity index (χ4v) is 2.03. The van der Waals surface area contributed by atoms with Gasteiger partial charge in [0.2, 0.25) is 5.78 Å². The summed E-state index contributed by atoms with van der Waals surface area (Å²) in [6.07, 6.45) is 0. The number of hydrogen-bond donors (Lipinski definition) is 0. The molecule has 2 rings (SSSR count). The maximum absolute atomic E-state index is 13.6. The number of hydrogen-bond acceptors (Lipinski definition) is 3. The Hall–Kier alpha value is -1.68. The molecule has 2 nitrogen and oxygen atoms in total. The van der Waals surface area contributed by atoms with E-state index in [0.29, 0.717) is 10.6 Å². The molecule has 0 saturated heterocycles. The number of ether oxygens (including phenoxy) is 1. The number of thiophene rings is 1. The van der Waals surface area contributed by atoms with Crippen molar-refractivity contribution in [3.63, 3.8) is 0 Å². The highest BCUT2D eigenvalue weighted by molar-refractivity contribution is 7.12. The maximum atomic E-state index is 13.6. The van der Waals surface area contributed by atoms with E-state index in [2.05, 4.69) is 0 Å². The Kier molecular flexibility index (Phi) is 3.01. The Bertz CT molecular complexity index is 506. The zero-order valence-electron chi connectivity index (χ0n) is 8.57. The molecule has 4 heteroatoms. The summed E-state index contributed by atoms with van der Waals surface area (Å²) >= 11 is 1.30. The lowest BCUT2D eigenvalue weighted by Gasteiger charge is -2.03. The third-order valence-corrected chi connectivity index (χ3v) is 3.03. The van der Waals surface area contributed by atoms with Gasteiger partial charge in [-0.05, 0) is 23.6 Å². The molecule has 0 bridgehead atoms. The van der Waals surface area contributed by atoms with Crippen LogP contribution in [0.3, 0.4) is 0 Å². The van der Waals surface area contributed by atoms with Crippen molar-refractivity contribution >= 4 is 17.1 Å². The molecule has 0 radical (unpaired) electrons. The lowest BCUT2D eigenvalue weighted by atomic mass is 10.1. The van der Waals surface area contributed by atoms with E-state index in [1.54, 1.807) is 23.6 Å². The van der Waals surface area contributed by atoms with Crippen LogP contribution in [0.5, 0.6) is 5.75 Å².